The Balaban J connectivity index is 1.96. The van der Waals surface area contributed by atoms with Gasteiger partial charge in [-0.1, -0.05) is 63.2 Å². The molecule has 0 atom stereocenters. The van der Waals surface area contributed by atoms with Crippen LogP contribution in [0.2, 0.25) is 0 Å². The van der Waals surface area contributed by atoms with Gasteiger partial charge in [0.2, 0.25) is 0 Å². The smallest absolute Gasteiger partial charge is 0.481 e. The predicted molar refractivity (Wildman–Crippen MR) is 129 cm³/mol. The molecule has 0 N–H and O–H groups in total. The molecule has 0 unspecified atom stereocenters. The molecule has 0 spiro atoms. The molecule has 0 amide bonds. The average molecular weight is 501 g/mol. The molecule has 0 saturated heterocycles. The van der Waals surface area contributed by atoms with E-state index in [9.17, 15) is 22.8 Å². The van der Waals surface area contributed by atoms with E-state index in [1.54, 1.807) is 37.3 Å². The SMILES string of the molecule is CCOC(=O)COc1ccc(-c2ccc(OC(F)(F)F)cc2)cc1C(=O)c1ccc(C(C)(C)C)cc1. The van der Waals surface area contributed by atoms with Crippen LogP contribution in [0.25, 0.3) is 11.1 Å². The van der Waals surface area contributed by atoms with Crippen LogP contribution in [0.1, 0.15) is 49.2 Å². The Kier molecular flexibility index (Phi) is 8.07. The lowest BCUT2D eigenvalue weighted by Gasteiger charge is -2.19. The Labute approximate surface area is 207 Å². The Morgan fingerprint density at radius 2 is 1.44 bits per heavy atom. The number of ether oxygens (including phenoxy) is 3. The zero-order valence-electron chi connectivity index (χ0n) is 20.4. The summed E-state index contributed by atoms with van der Waals surface area (Å²) in [6.07, 6.45) is -4.79. The van der Waals surface area contributed by atoms with Crippen LogP contribution in [0.3, 0.4) is 0 Å². The highest BCUT2D eigenvalue weighted by molar-refractivity contribution is 6.11. The van der Waals surface area contributed by atoms with Crippen molar-refractivity contribution in [3.63, 3.8) is 0 Å². The number of benzene rings is 3. The summed E-state index contributed by atoms with van der Waals surface area (Å²) in [5.74, 6) is -1.06. The van der Waals surface area contributed by atoms with Gasteiger partial charge in [0.15, 0.2) is 12.4 Å². The van der Waals surface area contributed by atoms with Crippen molar-refractivity contribution in [2.45, 2.75) is 39.5 Å². The quantitative estimate of drug-likeness (QED) is 0.254. The predicted octanol–water partition coefficient (Wildman–Crippen LogP) is 6.72. The fraction of sp³-hybridized carbons (Fsp3) is 0.286. The first-order valence-electron chi connectivity index (χ1n) is 11.3. The lowest BCUT2D eigenvalue weighted by Crippen LogP contribution is -2.17. The van der Waals surface area contributed by atoms with Gasteiger partial charge in [0, 0.05) is 5.56 Å². The summed E-state index contributed by atoms with van der Waals surface area (Å²) in [7, 11) is 0. The minimum absolute atomic E-state index is 0.0859. The third-order valence-corrected chi connectivity index (χ3v) is 5.31. The van der Waals surface area contributed by atoms with E-state index in [-0.39, 0.29) is 41.5 Å². The zero-order valence-corrected chi connectivity index (χ0v) is 20.4. The molecule has 8 heteroatoms. The van der Waals surface area contributed by atoms with E-state index in [0.717, 1.165) is 5.56 Å². The Bertz CT molecular complexity index is 1210. The van der Waals surface area contributed by atoms with Gasteiger partial charge in [0.1, 0.15) is 11.5 Å². The fourth-order valence-electron chi connectivity index (χ4n) is 3.48. The Hall–Kier alpha value is -3.81. The minimum Gasteiger partial charge on any atom is -0.481 e. The molecule has 0 heterocycles. The summed E-state index contributed by atoms with van der Waals surface area (Å²) < 4.78 is 51.8. The molecule has 0 saturated carbocycles. The van der Waals surface area contributed by atoms with Crippen LogP contribution in [-0.2, 0) is 14.9 Å². The summed E-state index contributed by atoms with van der Waals surface area (Å²) in [5, 5.41) is 0. The van der Waals surface area contributed by atoms with Crippen molar-refractivity contribution < 1.29 is 37.0 Å². The molecule has 36 heavy (non-hydrogen) atoms. The van der Waals surface area contributed by atoms with Crippen LogP contribution in [0.15, 0.2) is 66.7 Å². The summed E-state index contributed by atoms with van der Waals surface area (Å²) in [6, 6.07) is 17.3. The Morgan fingerprint density at radius 3 is 2.00 bits per heavy atom. The van der Waals surface area contributed by atoms with E-state index in [0.29, 0.717) is 16.7 Å². The standard InChI is InChI=1S/C28H27F3O5/c1-5-34-25(32)17-35-24-15-10-20(18-8-13-22(14-9-18)36-28(29,30)31)16-23(24)26(33)19-6-11-21(12-7-19)27(2,3)4/h6-16H,5,17H2,1-4H3. The second-order valence-corrected chi connectivity index (χ2v) is 9.03. The van der Waals surface area contributed by atoms with Crippen molar-refractivity contribution in [1.82, 2.24) is 0 Å². The number of alkyl halides is 3. The van der Waals surface area contributed by atoms with E-state index < -0.39 is 12.3 Å². The van der Waals surface area contributed by atoms with Crippen molar-refractivity contribution in [2.75, 3.05) is 13.2 Å². The molecular weight excluding hydrogens is 473 g/mol. The highest BCUT2D eigenvalue weighted by Gasteiger charge is 2.31. The molecular formula is C28H27F3O5. The number of esters is 1. The summed E-state index contributed by atoms with van der Waals surface area (Å²) in [6.45, 7) is 7.70. The first kappa shape index (κ1) is 26.8. The highest BCUT2D eigenvalue weighted by Crippen LogP contribution is 2.31. The van der Waals surface area contributed by atoms with Crippen LogP contribution in [0.4, 0.5) is 13.2 Å². The summed E-state index contributed by atoms with van der Waals surface area (Å²) in [4.78, 5) is 25.2. The maximum atomic E-state index is 13.5. The number of hydrogen-bond acceptors (Lipinski definition) is 5. The van der Waals surface area contributed by atoms with Crippen molar-refractivity contribution in [2.24, 2.45) is 0 Å². The van der Waals surface area contributed by atoms with Crippen LogP contribution in [-0.4, -0.2) is 31.3 Å². The monoisotopic (exact) mass is 500 g/mol. The first-order chi connectivity index (χ1) is 16.9. The molecule has 3 aromatic carbocycles. The second kappa shape index (κ2) is 10.8. The molecule has 0 bridgehead atoms. The number of carbonyl (C=O) groups is 2. The van der Waals surface area contributed by atoms with Gasteiger partial charge >= 0.3 is 12.3 Å². The third-order valence-electron chi connectivity index (χ3n) is 5.31. The molecule has 5 nitrogen and oxygen atoms in total. The summed E-state index contributed by atoms with van der Waals surface area (Å²) >= 11 is 0. The van der Waals surface area contributed by atoms with E-state index in [1.807, 2.05) is 12.1 Å². The number of rotatable bonds is 8. The average Bonchev–Trinajstić information content (AvgIpc) is 2.81. The first-order valence-corrected chi connectivity index (χ1v) is 11.3. The van der Waals surface area contributed by atoms with Gasteiger partial charge in [-0.2, -0.15) is 0 Å². The third kappa shape index (κ3) is 7.10. The van der Waals surface area contributed by atoms with Crippen molar-refractivity contribution in [3.05, 3.63) is 83.4 Å². The van der Waals surface area contributed by atoms with Gasteiger partial charge in [-0.25, -0.2) is 4.79 Å². The molecule has 3 rings (SSSR count). The fourth-order valence-corrected chi connectivity index (χ4v) is 3.48. The molecule has 0 aliphatic rings. The van der Waals surface area contributed by atoms with Crippen LogP contribution in [0.5, 0.6) is 11.5 Å². The molecule has 0 aliphatic carbocycles. The number of ketones is 1. The lowest BCUT2D eigenvalue weighted by atomic mass is 9.86. The normalized spacial score (nSPS) is 11.6. The Morgan fingerprint density at radius 1 is 0.833 bits per heavy atom. The van der Waals surface area contributed by atoms with Crippen LogP contribution >= 0.6 is 0 Å². The van der Waals surface area contributed by atoms with Crippen molar-refractivity contribution in [3.8, 4) is 22.6 Å². The molecule has 0 aromatic heterocycles. The molecule has 3 aromatic rings. The number of hydrogen-bond donors (Lipinski definition) is 0. The number of halogens is 3. The molecule has 190 valence electrons. The largest absolute Gasteiger partial charge is 0.573 e. The van der Waals surface area contributed by atoms with E-state index in [4.69, 9.17) is 9.47 Å². The van der Waals surface area contributed by atoms with Crippen molar-refractivity contribution in [1.29, 1.82) is 0 Å². The topological polar surface area (TPSA) is 61.8 Å². The van der Waals surface area contributed by atoms with E-state index in [1.165, 1.54) is 24.3 Å². The zero-order chi connectivity index (χ0) is 26.5. The maximum absolute atomic E-state index is 13.5. The van der Waals surface area contributed by atoms with Gasteiger partial charge in [-0.05, 0) is 53.3 Å². The molecule has 0 aliphatic heterocycles. The van der Waals surface area contributed by atoms with Gasteiger partial charge in [-0.15, -0.1) is 13.2 Å². The van der Waals surface area contributed by atoms with Crippen LogP contribution < -0.4 is 9.47 Å². The highest BCUT2D eigenvalue weighted by atomic mass is 19.4. The van der Waals surface area contributed by atoms with Gasteiger partial charge in [0.05, 0.1) is 12.2 Å². The van der Waals surface area contributed by atoms with Gasteiger partial charge in [-0.3, -0.25) is 4.79 Å². The van der Waals surface area contributed by atoms with Crippen LogP contribution in [0, 0.1) is 0 Å². The van der Waals surface area contributed by atoms with Gasteiger partial charge in [0.25, 0.3) is 0 Å². The molecule has 0 fully saturated rings. The van der Waals surface area contributed by atoms with Gasteiger partial charge < -0.3 is 14.2 Å². The van der Waals surface area contributed by atoms with Crippen molar-refractivity contribution >= 4 is 11.8 Å². The molecule has 0 radical (unpaired) electrons. The summed E-state index contributed by atoms with van der Waals surface area (Å²) in [5.41, 5.74) is 2.75. The lowest BCUT2D eigenvalue weighted by molar-refractivity contribution is -0.274. The minimum atomic E-state index is -4.79. The number of carbonyl (C=O) groups excluding carboxylic acids is 2. The van der Waals surface area contributed by atoms with E-state index >= 15 is 0 Å². The van der Waals surface area contributed by atoms with E-state index in [2.05, 4.69) is 25.5 Å². The second-order valence-electron chi connectivity index (χ2n) is 9.03. The maximum Gasteiger partial charge on any atom is 0.573 e.